The van der Waals surface area contributed by atoms with Gasteiger partial charge in [-0.1, -0.05) is 74.0 Å². The third kappa shape index (κ3) is 6.45. The Labute approximate surface area is 270 Å². The summed E-state index contributed by atoms with van der Waals surface area (Å²) in [7, 11) is 0. The van der Waals surface area contributed by atoms with E-state index in [4.69, 9.17) is 15.2 Å². The summed E-state index contributed by atoms with van der Waals surface area (Å²) in [6, 6.07) is 14.8. The van der Waals surface area contributed by atoms with Crippen LogP contribution in [0.25, 0.3) is 0 Å². The molecule has 1 fully saturated rings. The van der Waals surface area contributed by atoms with E-state index in [1.165, 1.54) is 0 Å². The van der Waals surface area contributed by atoms with Gasteiger partial charge in [0.05, 0.1) is 18.5 Å². The molecule has 3 atom stereocenters. The molecule has 2 heterocycles. The highest BCUT2D eigenvalue weighted by Crippen LogP contribution is 2.60. The van der Waals surface area contributed by atoms with E-state index >= 15 is 0 Å². The Morgan fingerprint density at radius 3 is 2.54 bits per heavy atom. The minimum absolute atomic E-state index is 0.141. The Balaban J connectivity index is 1.42. The lowest BCUT2D eigenvalue weighted by Crippen LogP contribution is -2.51. The van der Waals surface area contributed by atoms with E-state index in [-0.39, 0.29) is 36.7 Å². The standard InChI is InChI=1S/C37H44N2O7/c1-23(2)18-27-10-7-11-30-32(27)34(43)37(35(44)45-22-29(41)15-14-25-8-5-4-6-9-25)36(46-37,33(30)42)20-28(21-40)24(3)12-13-26-16-17-39-31(38)19-26/h4-11,16,19,23,29,39-41H,12-15,17-18,20-22,38H2,1-3H3. The zero-order chi connectivity index (χ0) is 33.1. The van der Waals surface area contributed by atoms with Crippen LogP contribution in [-0.4, -0.2) is 64.8 Å². The van der Waals surface area contributed by atoms with Crippen molar-refractivity contribution < 1.29 is 34.1 Å². The number of aryl methyl sites for hydroxylation is 1. The average Bonchev–Trinajstić information content (AvgIpc) is 3.75. The lowest BCUT2D eigenvalue weighted by Gasteiger charge is -2.27. The summed E-state index contributed by atoms with van der Waals surface area (Å²) in [4.78, 5) is 42.6. The molecule has 9 nitrogen and oxygen atoms in total. The van der Waals surface area contributed by atoms with Crippen molar-refractivity contribution in [2.24, 2.45) is 11.7 Å². The molecule has 2 aromatic carbocycles. The number of hydrogen-bond acceptors (Lipinski definition) is 9. The molecule has 0 radical (unpaired) electrons. The average molecular weight is 629 g/mol. The highest BCUT2D eigenvalue weighted by molar-refractivity contribution is 6.33. The zero-order valence-electron chi connectivity index (χ0n) is 26.8. The SMILES string of the molecule is CC(CCC1=CCNC(N)=C1)=C(CO)CC12OC1(C(=O)OCC(O)CCc1ccccc1)C(=O)c1c(CC(C)C)cccc1C2=O. The second-order valence-corrected chi connectivity index (χ2v) is 13.0. The molecule has 5 rings (SSSR count). The largest absolute Gasteiger partial charge is 0.460 e. The van der Waals surface area contributed by atoms with Gasteiger partial charge in [-0.25, -0.2) is 4.79 Å². The van der Waals surface area contributed by atoms with E-state index < -0.39 is 34.8 Å². The monoisotopic (exact) mass is 628 g/mol. The Bertz CT molecular complexity index is 1590. The molecule has 46 heavy (non-hydrogen) atoms. The minimum Gasteiger partial charge on any atom is -0.460 e. The molecular formula is C37H44N2O7. The maximum atomic E-state index is 14.4. The first-order chi connectivity index (χ1) is 22.0. The Kier molecular flexibility index (Phi) is 9.96. The number of dihydropyridines is 1. The molecule has 3 unspecified atom stereocenters. The van der Waals surface area contributed by atoms with Gasteiger partial charge in [-0.2, -0.15) is 0 Å². The number of nitrogens with two attached hydrogens (primary N) is 1. The van der Waals surface area contributed by atoms with Crippen LogP contribution in [0.1, 0.15) is 78.3 Å². The number of Topliss-reactive ketones (excluding diaryl/α,β-unsaturated/α-hetero) is 2. The number of aliphatic hydroxyl groups is 2. The smallest absolute Gasteiger partial charge is 0.350 e. The van der Waals surface area contributed by atoms with E-state index in [9.17, 15) is 24.6 Å². The molecule has 5 N–H and O–H groups in total. The molecule has 9 heteroatoms. The van der Waals surface area contributed by atoms with Crippen LogP contribution >= 0.6 is 0 Å². The number of fused-ring (bicyclic) bond motifs is 2. The first-order valence-corrected chi connectivity index (χ1v) is 16.0. The second-order valence-electron chi connectivity index (χ2n) is 13.0. The van der Waals surface area contributed by atoms with Gasteiger partial charge in [0.1, 0.15) is 6.61 Å². The fourth-order valence-corrected chi connectivity index (χ4v) is 6.54. The fraction of sp³-hybridized carbons (Fsp3) is 0.432. The van der Waals surface area contributed by atoms with Crippen LogP contribution in [0.4, 0.5) is 0 Å². The number of esters is 1. The summed E-state index contributed by atoms with van der Waals surface area (Å²) >= 11 is 0. The number of nitrogens with one attached hydrogen (secondary N) is 1. The number of ether oxygens (including phenoxy) is 2. The number of aliphatic hydroxyl groups excluding tert-OH is 2. The van der Waals surface area contributed by atoms with Gasteiger partial charge in [0, 0.05) is 24.1 Å². The molecule has 0 amide bonds. The van der Waals surface area contributed by atoms with Crippen molar-refractivity contribution in [2.75, 3.05) is 19.8 Å². The predicted octanol–water partition coefficient (Wildman–Crippen LogP) is 4.12. The number of carbonyl (C=O) groups excluding carboxylic acids is 3. The third-order valence-electron chi connectivity index (χ3n) is 9.15. The van der Waals surface area contributed by atoms with Gasteiger partial charge in [0.15, 0.2) is 11.4 Å². The number of hydrogen-bond donors (Lipinski definition) is 4. The maximum absolute atomic E-state index is 14.4. The zero-order valence-corrected chi connectivity index (χ0v) is 26.8. The molecular weight excluding hydrogens is 584 g/mol. The van der Waals surface area contributed by atoms with Crippen LogP contribution in [0, 0.1) is 5.92 Å². The Hall–Kier alpha value is -4.05. The fourth-order valence-electron chi connectivity index (χ4n) is 6.54. The maximum Gasteiger partial charge on any atom is 0.350 e. The summed E-state index contributed by atoms with van der Waals surface area (Å²) in [5.41, 5.74) is 6.36. The minimum atomic E-state index is -2.20. The summed E-state index contributed by atoms with van der Waals surface area (Å²) < 4.78 is 11.7. The molecule has 1 saturated heterocycles. The van der Waals surface area contributed by atoms with Gasteiger partial charge in [0.2, 0.25) is 5.78 Å². The molecule has 1 aliphatic carbocycles. The van der Waals surface area contributed by atoms with Gasteiger partial charge >= 0.3 is 5.97 Å². The topological polar surface area (TPSA) is 151 Å². The van der Waals surface area contributed by atoms with Crippen molar-refractivity contribution in [1.82, 2.24) is 5.32 Å². The summed E-state index contributed by atoms with van der Waals surface area (Å²) in [6.45, 7) is 5.80. The highest BCUT2D eigenvalue weighted by atomic mass is 16.7. The van der Waals surface area contributed by atoms with Crippen molar-refractivity contribution >= 4 is 17.5 Å². The van der Waals surface area contributed by atoms with Gasteiger partial charge in [0.25, 0.3) is 5.60 Å². The van der Waals surface area contributed by atoms with Crippen LogP contribution in [0.5, 0.6) is 0 Å². The second kappa shape index (κ2) is 13.7. The lowest BCUT2D eigenvalue weighted by molar-refractivity contribution is -0.151. The summed E-state index contributed by atoms with van der Waals surface area (Å²) in [5.74, 6) is -1.31. The number of carbonyl (C=O) groups is 3. The summed E-state index contributed by atoms with van der Waals surface area (Å²) in [5, 5.41) is 24.2. The number of allylic oxidation sites excluding steroid dienone is 3. The molecule has 3 aliphatic rings. The molecule has 2 aromatic rings. The number of ketones is 2. The lowest BCUT2D eigenvalue weighted by atomic mass is 9.69. The van der Waals surface area contributed by atoms with Crippen LogP contribution in [0.2, 0.25) is 0 Å². The van der Waals surface area contributed by atoms with Crippen molar-refractivity contribution in [2.45, 2.75) is 76.6 Å². The van der Waals surface area contributed by atoms with Gasteiger partial charge < -0.3 is 30.7 Å². The first-order valence-electron chi connectivity index (χ1n) is 16.0. The van der Waals surface area contributed by atoms with E-state index in [0.29, 0.717) is 55.6 Å². The quantitative estimate of drug-likeness (QED) is 0.105. The van der Waals surface area contributed by atoms with E-state index in [1.54, 1.807) is 18.2 Å². The van der Waals surface area contributed by atoms with Crippen LogP contribution < -0.4 is 11.1 Å². The normalized spacial score (nSPS) is 23.0. The van der Waals surface area contributed by atoms with Crippen LogP contribution in [0.15, 0.2) is 83.2 Å². The van der Waals surface area contributed by atoms with E-state index in [2.05, 4.69) is 5.32 Å². The van der Waals surface area contributed by atoms with Crippen LogP contribution in [0.3, 0.4) is 0 Å². The predicted molar refractivity (Wildman–Crippen MR) is 174 cm³/mol. The third-order valence-corrected chi connectivity index (χ3v) is 9.15. The summed E-state index contributed by atoms with van der Waals surface area (Å²) in [6.07, 6.45) is 5.47. The number of epoxide rings is 1. The molecule has 0 spiro atoms. The number of benzene rings is 2. The van der Waals surface area contributed by atoms with Gasteiger partial charge in [-0.15, -0.1) is 0 Å². The molecule has 0 bridgehead atoms. The number of rotatable bonds is 14. The molecule has 244 valence electrons. The first kappa shape index (κ1) is 33.3. The Morgan fingerprint density at radius 2 is 1.85 bits per heavy atom. The van der Waals surface area contributed by atoms with Crippen molar-refractivity contribution in [3.8, 4) is 0 Å². The molecule has 0 saturated carbocycles. The van der Waals surface area contributed by atoms with Crippen molar-refractivity contribution in [3.05, 3.63) is 105 Å². The Morgan fingerprint density at radius 1 is 1.09 bits per heavy atom. The highest BCUT2D eigenvalue weighted by Gasteiger charge is 2.85. The van der Waals surface area contributed by atoms with Gasteiger partial charge in [-0.05, 0) is 73.3 Å². The van der Waals surface area contributed by atoms with Crippen molar-refractivity contribution in [1.29, 1.82) is 0 Å². The van der Waals surface area contributed by atoms with E-state index in [1.807, 2.05) is 63.3 Å². The van der Waals surface area contributed by atoms with Crippen LogP contribution in [-0.2, 0) is 27.1 Å². The molecule has 2 aliphatic heterocycles. The van der Waals surface area contributed by atoms with Crippen molar-refractivity contribution in [3.63, 3.8) is 0 Å². The van der Waals surface area contributed by atoms with E-state index in [0.717, 1.165) is 16.7 Å². The van der Waals surface area contributed by atoms with Gasteiger partial charge in [-0.3, -0.25) is 9.59 Å². The molecule has 0 aromatic heterocycles.